The molecule has 0 radical (unpaired) electrons. The Balaban J connectivity index is 1.19. The van der Waals surface area contributed by atoms with Gasteiger partial charge in [-0.25, -0.2) is 0 Å². The lowest BCUT2D eigenvalue weighted by Gasteiger charge is -2.27. The average molecular weight is 724 g/mol. The molecule has 9 nitrogen and oxygen atoms in total. The van der Waals surface area contributed by atoms with Crippen LogP contribution in [0.25, 0.3) is 0 Å². The zero-order valence-corrected chi connectivity index (χ0v) is 30.2. The van der Waals surface area contributed by atoms with Crippen molar-refractivity contribution in [3.05, 3.63) is 117 Å². The fourth-order valence-corrected chi connectivity index (χ4v) is 6.50. The molecule has 0 spiro atoms. The lowest BCUT2D eigenvalue weighted by Crippen LogP contribution is -2.41. The van der Waals surface area contributed by atoms with E-state index in [1.807, 2.05) is 54.3 Å². The summed E-state index contributed by atoms with van der Waals surface area (Å²) in [5, 5.41) is 10.5. The minimum absolute atomic E-state index is 0.0646. The fraction of sp³-hybridized carbons (Fsp3) is 0.385. The van der Waals surface area contributed by atoms with Crippen LogP contribution in [0, 0.1) is 12.8 Å². The van der Waals surface area contributed by atoms with E-state index in [0.717, 1.165) is 64.0 Å². The van der Waals surface area contributed by atoms with Crippen molar-refractivity contribution < 1.29 is 33.7 Å². The standard InChI is InChI=1S/C39H46Cl2N3O6/c1-27-18-36(40)38(37(41)19-27)49-17-16-48-34-9-5-28(6-10-34)21-32(24-42)39(45)44(33-7-8-33)25-31-20-30(4-3-15-47-2)22-35(23-31)50-26-29-11-13-43(46)14-12-29/h5-6,9-14,18-20,22-23,32-33,46H,3-4,7-8,15-17,21,24-26,42H2,1-2H3/q+1. The molecule has 5 rings (SSSR count). The van der Waals surface area contributed by atoms with E-state index in [4.69, 9.17) is 47.9 Å². The van der Waals surface area contributed by atoms with Crippen LogP contribution in [0.3, 0.4) is 0 Å². The molecular formula is C39H46Cl2N3O6+. The summed E-state index contributed by atoms with van der Waals surface area (Å²) in [6, 6.07) is 21.4. The van der Waals surface area contributed by atoms with Gasteiger partial charge in [0.2, 0.25) is 18.3 Å². The SMILES string of the molecule is COCCCc1cc(CN(C(=O)C(CN)Cc2ccc(OCCOc3c(Cl)cc(C)cc3Cl)cc2)C2CC2)cc(OCc2cc[n+](O)cc2)c1. The molecule has 1 unspecified atom stereocenters. The highest BCUT2D eigenvalue weighted by atomic mass is 35.5. The Morgan fingerprint density at radius 1 is 0.880 bits per heavy atom. The van der Waals surface area contributed by atoms with Gasteiger partial charge in [0, 0.05) is 55.3 Å². The average Bonchev–Trinajstić information content (AvgIpc) is 3.95. The summed E-state index contributed by atoms with van der Waals surface area (Å²) in [5.74, 6) is 1.60. The normalized spacial score (nSPS) is 13.1. The van der Waals surface area contributed by atoms with Gasteiger partial charge in [0.25, 0.3) is 0 Å². The van der Waals surface area contributed by atoms with Gasteiger partial charge in [-0.1, -0.05) is 41.4 Å². The number of methoxy groups -OCH3 is 1. The number of rotatable bonds is 19. The van der Waals surface area contributed by atoms with Crippen molar-refractivity contribution in [3.8, 4) is 17.2 Å². The maximum absolute atomic E-state index is 14.0. The number of carbonyl (C=O) groups excluding carboxylic acids is 1. The van der Waals surface area contributed by atoms with Crippen molar-refractivity contribution in [2.45, 2.75) is 58.2 Å². The number of carbonyl (C=O) groups is 1. The number of ether oxygens (including phenoxy) is 4. The number of nitrogens with two attached hydrogens (primary N) is 1. The first-order valence-corrected chi connectivity index (χ1v) is 17.7. The Hall–Kier alpha value is -4.02. The zero-order chi connectivity index (χ0) is 35.5. The van der Waals surface area contributed by atoms with Gasteiger partial charge in [0.1, 0.15) is 31.3 Å². The molecule has 0 bridgehead atoms. The molecule has 4 aromatic rings. The topological polar surface area (TPSA) is 107 Å². The Morgan fingerprint density at radius 3 is 2.22 bits per heavy atom. The molecule has 1 heterocycles. The molecule has 1 saturated carbocycles. The van der Waals surface area contributed by atoms with Crippen molar-refractivity contribution in [2.24, 2.45) is 11.7 Å². The smallest absolute Gasteiger partial charge is 0.227 e. The summed E-state index contributed by atoms with van der Waals surface area (Å²) in [4.78, 5) is 16.0. The molecule has 0 aliphatic heterocycles. The summed E-state index contributed by atoms with van der Waals surface area (Å²) < 4.78 is 24.1. The van der Waals surface area contributed by atoms with E-state index in [0.29, 0.717) is 54.3 Å². The number of amides is 1. The lowest BCUT2D eigenvalue weighted by atomic mass is 9.97. The van der Waals surface area contributed by atoms with Crippen molar-refractivity contribution >= 4 is 29.1 Å². The number of hydrogen-bond acceptors (Lipinski definition) is 7. The Labute approximate surface area is 304 Å². The van der Waals surface area contributed by atoms with E-state index in [2.05, 4.69) is 12.1 Å². The maximum Gasteiger partial charge on any atom is 0.227 e. The summed E-state index contributed by atoms with van der Waals surface area (Å²) in [7, 11) is 1.70. The van der Waals surface area contributed by atoms with E-state index < -0.39 is 0 Å². The van der Waals surface area contributed by atoms with Crippen molar-refractivity contribution in [3.63, 3.8) is 0 Å². The van der Waals surface area contributed by atoms with Crippen LogP contribution in [0.5, 0.6) is 17.2 Å². The highest BCUT2D eigenvalue weighted by Crippen LogP contribution is 2.34. The van der Waals surface area contributed by atoms with Crippen LogP contribution < -0.4 is 24.7 Å². The molecule has 266 valence electrons. The lowest BCUT2D eigenvalue weighted by molar-refractivity contribution is -0.904. The summed E-state index contributed by atoms with van der Waals surface area (Å²) in [5.41, 5.74) is 11.3. The number of halogens is 2. The molecule has 0 saturated heterocycles. The first-order valence-electron chi connectivity index (χ1n) is 17.0. The van der Waals surface area contributed by atoms with Crippen LogP contribution in [-0.2, 0) is 35.5 Å². The van der Waals surface area contributed by atoms with Crippen LogP contribution >= 0.6 is 23.2 Å². The number of hydrogen-bond donors (Lipinski definition) is 2. The largest absolute Gasteiger partial charge is 0.490 e. The third-order valence-electron chi connectivity index (χ3n) is 8.53. The second-order valence-electron chi connectivity index (χ2n) is 12.7. The van der Waals surface area contributed by atoms with Crippen molar-refractivity contribution in [2.75, 3.05) is 33.5 Å². The maximum atomic E-state index is 14.0. The predicted molar refractivity (Wildman–Crippen MR) is 193 cm³/mol. The van der Waals surface area contributed by atoms with E-state index in [-0.39, 0.29) is 31.0 Å². The van der Waals surface area contributed by atoms with Crippen LogP contribution in [0.1, 0.15) is 47.1 Å². The zero-order valence-electron chi connectivity index (χ0n) is 28.7. The van der Waals surface area contributed by atoms with Crippen LogP contribution in [0.15, 0.2) is 79.1 Å². The first-order chi connectivity index (χ1) is 24.2. The second kappa shape index (κ2) is 18.3. The molecule has 1 aliphatic rings. The molecule has 1 aliphatic carbocycles. The molecule has 1 aromatic heterocycles. The first kappa shape index (κ1) is 37.2. The van der Waals surface area contributed by atoms with Crippen LogP contribution in [0.4, 0.5) is 0 Å². The number of pyridine rings is 1. The summed E-state index contributed by atoms with van der Waals surface area (Å²) in [6.45, 7) is 4.27. The van der Waals surface area contributed by atoms with E-state index in [1.165, 1.54) is 0 Å². The highest BCUT2D eigenvalue weighted by Gasteiger charge is 2.35. The number of benzene rings is 3. The minimum atomic E-state index is -0.354. The van der Waals surface area contributed by atoms with Crippen molar-refractivity contribution in [1.82, 2.24) is 4.90 Å². The van der Waals surface area contributed by atoms with Crippen molar-refractivity contribution in [1.29, 1.82) is 0 Å². The van der Waals surface area contributed by atoms with Crippen LogP contribution in [0.2, 0.25) is 10.0 Å². The Kier molecular flexibility index (Phi) is 13.6. The molecule has 50 heavy (non-hydrogen) atoms. The minimum Gasteiger partial charge on any atom is -0.490 e. The van der Waals surface area contributed by atoms with E-state index in [9.17, 15) is 10.0 Å². The number of nitrogens with zero attached hydrogens (tertiary/aromatic N) is 2. The Bertz CT molecular complexity index is 1680. The van der Waals surface area contributed by atoms with Gasteiger partial charge in [-0.3, -0.25) is 10.0 Å². The van der Waals surface area contributed by atoms with Gasteiger partial charge >= 0.3 is 0 Å². The monoisotopic (exact) mass is 722 g/mol. The van der Waals surface area contributed by atoms with Gasteiger partial charge in [0.15, 0.2) is 5.75 Å². The van der Waals surface area contributed by atoms with Crippen LogP contribution in [-0.4, -0.2) is 55.5 Å². The highest BCUT2D eigenvalue weighted by molar-refractivity contribution is 6.37. The molecule has 1 atom stereocenters. The molecule has 3 N–H and O–H groups in total. The number of aryl methyl sites for hydroxylation is 2. The van der Waals surface area contributed by atoms with Gasteiger partial charge < -0.3 is 29.6 Å². The van der Waals surface area contributed by atoms with Gasteiger partial charge in [-0.15, -0.1) is 0 Å². The number of aromatic nitrogens is 1. The molecular weight excluding hydrogens is 677 g/mol. The Morgan fingerprint density at radius 2 is 1.56 bits per heavy atom. The molecule has 3 aromatic carbocycles. The quantitative estimate of drug-likeness (QED) is 0.0627. The van der Waals surface area contributed by atoms with E-state index >= 15 is 0 Å². The predicted octanol–water partition coefficient (Wildman–Crippen LogP) is 6.75. The molecule has 11 heteroatoms. The molecule has 1 fully saturated rings. The summed E-state index contributed by atoms with van der Waals surface area (Å²) >= 11 is 12.5. The fourth-order valence-electron chi connectivity index (χ4n) is 5.79. The second-order valence-corrected chi connectivity index (χ2v) is 13.5. The van der Waals surface area contributed by atoms with E-state index in [1.54, 1.807) is 31.6 Å². The van der Waals surface area contributed by atoms with Gasteiger partial charge in [-0.05, 0) is 97.7 Å². The van der Waals surface area contributed by atoms with Gasteiger partial charge in [-0.2, -0.15) is 0 Å². The molecule has 1 amide bonds. The third-order valence-corrected chi connectivity index (χ3v) is 9.09. The summed E-state index contributed by atoms with van der Waals surface area (Å²) in [6.07, 6.45) is 7.34. The van der Waals surface area contributed by atoms with Gasteiger partial charge in [0.05, 0.1) is 16.0 Å². The third kappa shape index (κ3) is 11.0.